The Kier molecular flexibility index (Phi) is 2.49. The first-order valence-electron chi connectivity index (χ1n) is 9.88. The molecule has 0 aliphatic rings. The van der Waals surface area contributed by atoms with E-state index >= 15 is 0 Å². The van der Waals surface area contributed by atoms with Crippen molar-refractivity contribution in [2.75, 3.05) is 0 Å². The van der Waals surface area contributed by atoms with Crippen molar-refractivity contribution in [2.24, 2.45) is 7.05 Å². The Morgan fingerprint density at radius 2 is 2.08 bits per heavy atom. The number of fused-ring (bicyclic) bond motifs is 3. The molecule has 0 aliphatic heterocycles. The molecule has 0 saturated carbocycles. The zero-order valence-corrected chi connectivity index (χ0v) is 13.9. The Bertz CT molecular complexity index is 1210. The van der Waals surface area contributed by atoms with Crippen LogP contribution in [0.2, 0.25) is 0 Å². The first kappa shape index (κ1) is 11.0. The van der Waals surface area contributed by atoms with Gasteiger partial charge in [0.25, 0.3) is 0 Å². The van der Waals surface area contributed by atoms with E-state index in [0.29, 0.717) is 11.3 Å². The minimum atomic E-state index is -2.41. The highest BCUT2D eigenvalue weighted by Crippen LogP contribution is 2.36. The van der Waals surface area contributed by atoms with Gasteiger partial charge in [-0.15, -0.1) is 0 Å². The first-order chi connectivity index (χ1) is 13.1. The van der Waals surface area contributed by atoms with Crippen molar-refractivity contribution < 1.29 is 14.5 Å². The predicted octanol–water partition coefficient (Wildman–Crippen LogP) is 4.90. The van der Waals surface area contributed by atoms with Gasteiger partial charge in [0, 0.05) is 34.1 Å². The molecule has 0 radical (unpaired) electrons. The Hall–Kier alpha value is -2.68. The van der Waals surface area contributed by atoms with Crippen molar-refractivity contribution in [3.05, 3.63) is 59.9 Å². The van der Waals surface area contributed by atoms with Gasteiger partial charge in [0.1, 0.15) is 7.05 Å². The average Bonchev–Trinajstić information content (AvgIpc) is 2.99. The second kappa shape index (κ2) is 5.45. The van der Waals surface area contributed by atoms with E-state index in [9.17, 15) is 0 Å². The van der Waals surface area contributed by atoms with E-state index in [1.807, 2.05) is 48.9 Å². The summed E-state index contributed by atoms with van der Waals surface area (Å²) in [4.78, 5) is 4.32. The smallest absolute Gasteiger partial charge is 0.227 e. The summed E-state index contributed by atoms with van der Waals surface area (Å²) in [6, 6.07) is 11.5. The van der Waals surface area contributed by atoms with E-state index < -0.39 is 12.7 Å². The molecule has 0 amide bonds. The van der Waals surface area contributed by atoms with Gasteiger partial charge in [-0.1, -0.05) is 25.9 Å². The lowest BCUT2D eigenvalue weighted by Gasteiger charge is -2.08. The molecule has 1 unspecified atom stereocenters. The summed E-state index contributed by atoms with van der Waals surface area (Å²) in [5, 5.41) is 1.94. The lowest BCUT2D eigenvalue weighted by Crippen LogP contribution is -2.31. The van der Waals surface area contributed by atoms with Gasteiger partial charge in [-0.2, -0.15) is 0 Å². The van der Waals surface area contributed by atoms with Crippen LogP contribution < -0.4 is 4.57 Å². The Morgan fingerprint density at radius 3 is 2.88 bits per heavy atom. The van der Waals surface area contributed by atoms with E-state index in [2.05, 4.69) is 4.98 Å². The summed E-state index contributed by atoms with van der Waals surface area (Å²) < 4.78 is 39.3. The molecule has 24 heavy (non-hydrogen) atoms. The molecule has 0 aliphatic carbocycles. The van der Waals surface area contributed by atoms with E-state index in [4.69, 9.17) is 9.90 Å². The quantitative estimate of drug-likeness (QED) is 0.491. The minimum absolute atomic E-state index is 0.440. The van der Waals surface area contributed by atoms with Crippen LogP contribution in [0.15, 0.2) is 53.2 Å². The summed E-state index contributed by atoms with van der Waals surface area (Å²) in [7, 11) is 1.85. The minimum Gasteiger partial charge on any atom is -0.437 e. The number of hydrogen-bond donors (Lipinski definition) is 0. The highest BCUT2D eigenvalue weighted by molar-refractivity contribution is 6.08. The molecule has 0 fully saturated rings. The van der Waals surface area contributed by atoms with Crippen molar-refractivity contribution >= 4 is 22.1 Å². The molecule has 3 aromatic heterocycles. The van der Waals surface area contributed by atoms with Crippen LogP contribution in [0.25, 0.3) is 33.3 Å². The predicted molar refractivity (Wildman–Crippen MR) is 97.0 cm³/mol. The van der Waals surface area contributed by atoms with Crippen LogP contribution in [0, 0.1) is 6.92 Å². The SMILES string of the molecule is [2H]C([2H])([2H])C([2H])(C)c1ccc(-c2c(C)ccc3c2oc2ncccc23)[n+](C)c1. The molecular weight excluding hydrogens is 296 g/mol. The lowest BCUT2D eigenvalue weighted by atomic mass is 9.99. The maximum absolute atomic E-state index is 8.33. The second-order valence-corrected chi connectivity index (χ2v) is 6.13. The van der Waals surface area contributed by atoms with Crippen molar-refractivity contribution in [1.82, 2.24) is 4.98 Å². The standard InChI is InChI=1S/C21H21N2O/c1-13(2)15-8-10-18(23(4)12-15)19-14(3)7-9-16-17-6-5-11-22-21(17)24-20(16)19/h5-13H,1-4H3/q+1/i1D3,13D. The normalized spacial score (nSPS) is 17.1. The molecule has 3 heterocycles. The largest absolute Gasteiger partial charge is 0.437 e. The fourth-order valence-electron chi connectivity index (χ4n) is 3.18. The van der Waals surface area contributed by atoms with Crippen LogP contribution in [0.5, 0.6) is 0 Å². The zero-order valence-electron chi connectivity index (χ0n) is 17.9. The third-order valence-corrected chi connectivity index (χ3v) is 4.45. The van der Waals surface area contributed by atoms with Crippen LogP contribution >= 0.6 is 0 Å². The molecule has 1 aromatic carbocycles. The third-order valence-electron chi connectivity index (χ3n) is 4.45. The summed E-state index contributed by atoms with van der Waals surface area (Å²) in [5.74, 6) is -1.69. The fraction of sp³-hybridized carbons (Fsp3) is 0.238. The molecular formula is C21H21N2O+. The number of hydrogen-bond acceptors (Lipinski definition) is 2. The van der Waals surface area contributed by atoms with Crippen LogP contribution in [-0.4, -0.2) is 4.98 Å². The van der Waals surface area contributed by atoms with Gasteiger partial charge in [-0.3, -0.25) is 0 Å². The maximum atomic E-state index is 8.33. The molecule has 1 atom stereocenters. The van der Waals surface area contributed by atoms with Crippen LogP contribution in [0.3, 0.4) is 0 Å². The molecule has 3 nitrogen and oxygen atoms in total. The number of benzene rings is 1. The van der Waals surface area contributed by atoms with Gasteiger partial charge in [-0.25, -0.2) is 9.55 Å². The highest BCUT2D eigenvalue weighted by Gasteiger charge is 2.21. The Balaban J connectivity index is 1.95. The third kappa shape index (κ3) is 2.20. The van der Waals surface area contributed by atoms with Crippen LogP contribution in [0.4, 0.5) is 0 Å². The van der Waals surface area contributed by atoms with E-state index in [1.165, 1.54) is 6.92 Å². The molecule has 0 spiro atoms. The Morgan fingerprint density at radius 1 is 1.21 bits per heavy atom. The van der Waals surface area contributed by atoms with Gasteiger partial charge >= 0.3 is 0 Å². The molecule has 4 aromatic rings. The van der Waals surface area contributed by atoms with E-state index in [1.54, 1.807) is 18.5 Å². The summed E-state index contributed by atoms with van der Waals surface area (Å²) in [6.07, 6.45) is 3.42. The van der Waals surface area contributed by atoms with E-state index in [0.717, 1.165) is 33.2 Å². The zero-order chi connectivity index (χ0) is 20.3. The summed E-state index contributed by atoms with van der Waals surface area (Å²) >= 11 is 0. The second-order valence-electron chi connectivity index (χ2n) is 6.13. The van der Waals surface area contributed by atoms with Gasteiger partial charge in [0.15, 0.2) is 11.8 Å². The van der Waals surface area contributed by atoms with Crippen molar-refractivity contribution in [1.29, 1.82) is 0 Å². The topological polar surface area (TPSA) is 29.9 Å². The van der Waals surface area contributed by atoms with Crippen molar-refractivity contribution in [3.63, 3.8) is 0 Å². The van der Waals surface area contributed by atoms with Gasteiger partial charge in [0.05, 0.1) is 5.56 Å². The number of pyridine rings is 2. The van der Waals surface area contributed by atoms with Crippen LogP contribution in [0.1, 0.15) is 36.3 Å². The number of furan rings is 1. The number of rotatable bonds is 2. The van der Waals surface area contributed by atoms with Crippen LogP contribution in [-0.2, 0) is 7.05 Å². The van der Waals surface area contributed by atoms with E-state index in [-0.39, 0.29) is 0 Å². The number of aryl methyl sites for hydroxylation is 2. The molecule has 4 rings (SSSR count). The molecule has 3 heteroatoms. The number of nitrogens with zero attached hydrogens (tertiary/aromatic N) is 2. The molecule has 0 bridgehead atoms. The van der Waals surface area contributed by atoms with Crippen molar-refractivity contribution in [2.45, 2.75) is 26.6 Å². The number of aromatic nitrogens is 2. The Labute approximate surface area is 147 Å². The summed E-state index contributed by atoms with van der Waals surface area (Å²) in [6.45, 7) is 1.02. The summed E-state index contributed by atoms with van der Waals surface area (Å²) in [5.41, 5.74) is 4.64. The van der Waals surface area contributed by atoms with Gasteiger partial charge in [0.2, 0.25) is 11.4 Å². The molecule has 120 valence electrons. The molecule has 0 saturated heterocycles. The highest BCUT2D eigenvalue weighted by atomic mass is 16.3. The molecule has 0 N–H and O–H groups in total. The monoisotopic (exact) mass is 321 g/mol. The fourth-order valence-corrected chi connectivity index (χ4v) is 3.18. The average molecular weight is 321 g/mol. The maximum Gasteiger partial charge on any atom is 0.227 e. The first-order valence-corrected chi connectivity index (χ1v) is 7.88. The van der Waals surface area contributed by atoms with Gasteiger partial charge in [-0.05, 0) is 36.6 Å². The lowest BCUT2D eigenvalue weighted by molar-refractivity contribution is -0.660. The van der Waals surface area contributed by atoms with Gasteiger partial charge < -0.3 is 4.42 Å². The van der Waals surface area contributed by atoms with Crippen molar-refractivity contribution in [3.8, 4) is 11.3 Å².